The zero-order valence-electron chi connectivity index (χ0n) is 8.31. The largest absolute Gasteiger partial charge is 0.298 e. The van der Waals surface area contributed by atoms with Crippen molar-refractivity contribution in [3.63, 3.8) is 0 Å². The van der Waals surface area contributed by atoms with Crippen LogP contribution >= 0.6 is 0 Å². The maximum absolute atomic E-state index is 11.8. The summed E-state index contributed by atoms with van der Waals surface area (Å²) in [7, 11) is 0. The molecule has 0 amide bonds. The maximum atomic E-state index is 11.8. The second-order valence-corrected chi connectivity index (χ2v) is 4.78. The lowest BCUT2D eigenvalue weighted by molar-refractivity contribution is -0.114. The van der Waals surface area contributed by atoms with Gasteiger partial charge in [-0.15, -0.1) is 0 Å². The average molecular weight is 166 g/mol. The van der Waals surface area contributed by atoms with Crippen LogP contribution in [0.4, 0.5) is 0 Å². The van der Waals surface area contributed by atoms with Crippen LogP contribution < -0.4 is 0 Å². The molecule has 0 aliphatic heterocycles. The zero-order valence-corrected chi connectivity index (χ0v) is 8.31. The number of ketones is 1. The van der Waals surface area contributed by atoms with E-state index in [1.807, 2.05) is 0 Å². The summed E-state index contributed by atoms with van der Waals surface area (Å²) in [6.07, 6.45) is 4.72. The molecule has 0 N–H and O–H groups in total. The van der Waals surface area contributed by atoms with E-state index in [4.69, 9.17) is 0 Å². The first-order valence-corrected chi connectivity index (χ1v) is 5.14. The van der Waals surface area contributed by atoms with Crippen LogP contribution in [0.2, 0.25) is 0 Å². The molecule has 1 nitrogen and oxygen atoms in total. The van der Waals surface area contributed by atoms with E-state index in [0.717, 1.165) is 12.8 Å². The SMILES string of the molecule is CCC12C(=O)C1(C)CCCC2C. The summed E-state index contributed by atoms with van der Waals surface area (Å²) in [5.74, 6) is 1.19. The molecular weight excluding hydrogens is 148 g/mol. The van der Waals surface area contributed by atoms with E-state index < -0.39 is 0 Å². The number of fused-ring (bicyclic) bond motifs is 1. The molecular formula is C11H18O. The lowest BCUT2D eigenvalue weighted by Crippen LogP contribution is -2.24. The topological polar surface area (TPSA) is 17.1 Å². The highest BCUT2D eigenvalue weighted by molar-refractivity contribution is 6.08. The predicted molar refractivity (Wildman–Crippen MR) is 48.9 cm³/mol. The Morgan fingerprint density at radius 2 is 2.25 bits per heavy atom. The van der Waals surface area contributed by atoms with E-state index in [1.54, 1.807) is 0 Å². The minimum Gasteiger partial charge on any atom is -0.298 e. The molecule has 0 saturated heterocycles. The number of carbonyl (C=O) groups excluding carboxylic acids is 1. The summed E-state index contributed by atoms with van der Waals surface area (Å²) in [6, 6.07) is 0. The highest BCUT2D eigenvalue weighted by Gasteiger charge is 2.75. The molecule has 2 aliphatic carbocycles. The molecule has 2 aliphatic rings. The Balaban J connectivity index is 2.35. The van der Waals surface area contributed by atoms with Crippen molar-refractivity contribution in [2.75, 3.05) is 0 Å². The van der Waals surface area contributed by atoms with Gasteiger partial charge in [-0.05, 0) is 25.2 Å². The van der Waals surface area contributed by atoms with Gasteiger partial charge in [0.15, 0.2) is 0 Å². The van der Waals surface area contributed by atoms with Crippen LogP contribution in [0.5, 0.6) is 0 Å². The Hall–Kier alpha value is -0.330. The van der Waals surface area contributed by atoms with Gasteiger partial charge in [0.05, 0.1) is 0 Å². The molecule has 0 radical (unpaired) electrons. The molecule has 1 heteroatoms. The third-order valence-corrected chi connectivity index (χ3v) is 4.54. The van der Waals surface area contributed by atoms with Crippen molar-refractivity contribution in [1.29, 1.82) is 0 Å². The molecule has 0 heterocycles. The normalized spacial score (nSPS) is 51.9. The van der Waals surface area contributed by atoms with Gasteiger partial charge in [-0.25, -0.2) is 0 Å². The molecule has 0 aromatic carbocycles. The van der Waals surface area contributed by atoms with Gasteiger partial charge in [0.2, 0.25) is 0 Å². The molecule has 0 aromatic rings. The van der Waals surface area contributed by atoms with E-state index in [2.05, 4.69) is 20.8 Å². The van der Waals surface area contributed by atoms with Crippen LogP contribution in [0.3, 0.4) is 0 Å². The molecule has 0 bridgehead atoms. The Morgan fingerprint density at radius 1 is 1.58 bits per heavy atom. The first kappa shape index (κ1) is 8.28. The van der Waals surface area contributed by atoms with Gasteiger partial charge in [-0.2, -0.15) is 0 Å². The van der Waals surface area contributed by atoms with Gasteiger partial charge in [0.1, 0.15) is 5.78 Å². The standard InChI is InChI=1S/C11H18O/c1-4-11-8(2)6-5-7-10(11,3)9(11)12/h8H,4-7H2,1-3H3. The van der Waals surface area contributed by atoms with Crippen LogP contribution in [-0.4, -0.2) is 5.78 Å². The Bertz CT molecular complexity index is 233. The van der Waals surface area contributed by atoms with Crippen LogP contribution in [0.25, 0.3) is 0 Å². The number of hydrogen-bond acceptors (Lipinski definition) is 1. The minimum atomic E-state index is 0.0828. The van der Waals surface area contributed by atoms with Gasteiger partial charge < -0.3 is 0 Å². The van der Waals surface area contributed by atoms with Crippen LogP contribution in [0.15, 0.2) is 0 Å². The van der Waals surface area contributed by atoms with Gasteiger partial charge in [-0.3, -0.25) is 4.79 Å². The fourth-order valence-electron chi connectivity index (χ4n) is 3.65. The van der Waals surface area contributed by atoms with Crippen molar-refractivity contribution in [3.8, 4) is 0 Å². The Kier molecular flexibility index (Phi) is 1.47. The molecule has 12 heavy (non-hydrogen) atoms. The lowest BCUT2D eigenvalue weighted by Gasteiger charge is -2.30. The monoisotopic (exact) mass is 166 g/mol. The Morgan fingerprint density at radius 3 is 2.67 bits per heavy atom. The van der Waals surface area contributed by atoms with Crippen molar-refractivity contribution < 1.29 is 4.79 Å². The van der Waals surface area contributed by atoms with Gasteiger partial charge in [0, 0.05) is 10.8 Å². The van der Waals surface area contributed by atoms with Crippen LogP contribution in [0.1, 0.15) is 46.5 Å². The summed E-state index contributed by atoms with van der Waals surface area (Å²) in [4.78, 5) is 11.8. The molecule has 68 valence electrons. The smallest absolute Gasteiger partial charge is 0.147 e. The van der Waals surface area contributed by atoms with Gasteiger partial charge >= 0.3 is 0 Å². The maximum Gasteiger partial charge on any atom is 0.147 e. The lowest BCUT2D eigenvalue weighted by atomic mass is 9.72. The third kappa shape index (κ3) is 0.605. The first-order chi connectivity index (χ1) is 5.59. The van der Waals surface area contributed by atoms with E-state index in [0.29, 0.717) is 11.7 Å². The summed E-state index contributed by atoms with van der Waals surface area (Å²) < 4.78 is 0. The van der Waals surface area contributed by atoms with E-state index in [-0.39, 0.29) is 10.8 Å². The molecule has 0 aromatic heterocycles. The minimum absolute atomic E-state index is 0.0828. The second-order valence-electron chi connectivity index (χ2n) is 4.78. The highest BCUT2D eigenvalue weighted by atomic mass is 16.1. The predicted octanol–water partition coefficient (Wildman–Crippen LogP) is 2.79. The first-order valence-electron chi connectivity index (χ1n) is 5.14. The average Bonchev–Trinajstić information content (AvgIpc) is 2.53. The van der Waals surface area contributed by atoms with Gasteiger partial charge in [-0.1, -0.05) is 27.2 Å². The fraction of sp³-hybridized carbons (Fsp3) is 0.909. The number of rotatable bonds is 1. The van der Waals surface area contributed by atoms with Gasteiger partial charge in [0.25, 0.3) is 0 Å². The molecule has 3 atom stereocenters. The second kappa shape index (κ2) is 2.12. The van der Waals surface area contributed by atoms with E-state index in [9.17, 15) is 4.79 Å². The van der Waals surface area contributed by atoms with Crippen LogP contribution in [-0.2, 0) is 4.79 Å². The van der Waals surface area contributed by atoms with Crippen molar-refractivity contribution in [2.24, 2.45) is 16.7 Å². The number of Topliss-reactive ketones (excluding diaryl/α,β-unsaturated/α-hetero) is 1. The fourth-order valence-corrected chi connectivity index (χ4v) is 3.65. The van der Waals surface area contributed by atoms with E-state index >= 15 is 0 Å². The van der Waals surface area contributed by atoms with Crippen molar-refractivity contribution in [2.45, 2.75) is 46.5 Å². The van der Waals surface area contributed by atoms with Crippen LogP contribution in [0, 0.1) is 16.7 Å². The quantitative estimate of drug-likeness (QED) is 0.585. The highest BCUT2D eigenvalue weighted by Crippen LogP contribution is 2.71. The molecule has 2 fully saturated rings. The van der Waals surface area contributed by atoms with Crippen molar-refractivity contribution in [1.82, 2.24) is 0 Å². The summed E-state index contributed by atoms with van der Waals surface area (Å²) in [6.45, 7) is 6.60. The Labute approximate surface area is 74.5 Å². The molecule has 2 saturated carbocycles. The van der Waals surface area contributed by atoms with Crippen molar-refractivity contribution in [3.05, 3.63) is 0 Å². The number of carbonyl (C=O) groups is 1. The summed E-state index contributed by atoms with van der Waals surface area (Å²) in [5, 5.41) is 0. The summed E-state index contributed by atoms with van der Waals surface area (Å²) in [5.41, 5.74) is 0.185. The number of hydrogen-bond donors (Lipinski definition) is 0. The third-order valence-electron chi connectivity index (χ3n) is 4.54. The summed E-state index contributed by atoms with van der Waals surface area (Å²) >= 11 is 0. The molecule has 3 unspecified atom stereocenters. The van der Waals surface area contributed by atoms with Crippen molar-refractivity contribution >= 4 is 5.78 Å². The zero-order chi connectivity index (χ0) is 8.98. The van der Waals surface area contributed by atoms with E-state index in [1.165, 1.54) is 12.8 Å². The molecule has 0 spiro atoms. The molecule has 2 rings (SSSR count).